The predicted molar refractivity (Wildman–Crippen MR) is 88.2 cm³/mol. The van der Waals surface area contributed by atoms with Crippen LogP contribution in [0.2, 0.25) is 0 Å². The van der Waals surface area contributed by atoms with E-state index in [0.29, 0.717) is 19.4 Å². The number of halogens is 1. The van der Waals surface area contributed by atoms with Crippen molar-refractivity contribution in [1.29, 1.82) is 0 Å². The lowest BCUT2D eigenvalue weighted by molar-refractivity contribution is -0.121. The van der Waals surface area contributed by atoms with Gasteiger partial charge >= 0.3 is 6.03 Å². The zero-order valence-corrected chi connectivity index (χ0v) is 13.1. The van der Waals surface area contributed by atoms with Gasteiger partial charge in [0.1, 0.15) is 5.82 Å². The Morgan fingerprint density at radius 1 is 1.25 bits per heavy atom. The minimum absolute atomic E-state index is 0.127. The third kappa shape index (κ3) is 3.40. The molecule has 2 aromatic rings. The van der Waals surface area contributed by atoms with Crippen LogP contribution in [0.1, 0.15) is 12.8 Å². The molecule has 1 saturated heterocycles. The van der Waals surface area contributed by atoms with E-state index >= 15 is 0 Å². The van der Waals surface area contributed by atoms with Gasteiger partial charge in [0, 0.05) is 31.2 Å². The maximum Gasteiger partial charge on any atom is 0.314 e. The van der Waals surface area contributed by atoms with E-state index in [1.54, 1.807) is 12.1 Å². The first-order valence-corrected chi connectivity index (χ1v) is 7.83. The van der Waals surface area contributed by atoms with E-state index in [1.807, 2.05) is 29.1 Å². The van der Waals surface area contributed by atoms with E-state index < -0.39 is 11.8 Å². The fourth-order valence-corrected chi connectivity index (χ4v) is 2.90. The summed E-state index contributed by atoms with van der Waals surface area (Å²) in [4.78, 5) is 25.1. The third-order valence-corrected chi connectivity index (χ3v) is 4.21. The fraction of sp³-hybridized carbons (Fsp3) is 0.294. The van der Waals surface area contributed by atoms with Gasteiger partial charge in [-0.1, -0.05) is 0 Å². The van der Waals surface area contributed by atoms with E-state index in [-0.39, 0.29) is 24.1 Å². The molecule has 6 nitrogen and oxygen atoms in total. The summed E-state index contributed by atoms with van der Waals surface area (Å²) >= 11 is 0. The molecule has 2 heterocycles. The number of urea groups is 1. The molecule has 1 aromatic carbocycles. The van der Waals surface area contributed by atoms with E-state index in [9.17, 15) is 14.0 Å². The number of carbonyl (C=O) groups is 2. The number of primary amides is 1. The molecule has 3 amide bonds. The molecule has 7 heteroatoms. The van der Waals surface area contributed by atoms with Gasteiger partial charge in [0.15, 0.2) is 0 Å². The van der Waals surface area contributed by atoms with Crippen molar-refractivity contribution in [2.45, 2.75) is 12.8 Å². The first-order chi connectivity index (χ1) is 11.5. The van der Waals surface area contributed by atoms with Crippen LogP contribution in [0.5, 0.6) is 0 Å². The van der Waals surface area contributed by atoms with Crippen molar-refractivity contribution in [1.82, 2.24) is 9.47 Å². The average molecular weight is 330 g/mol. The SMILES string of the molecule is NC(=O)N1CCC[C@H](C(=O)Nc2cc(-n3cccc3)ccc2F)C1. The number of aromatic nitrogens is 1. The van der Waals surface area contributed by atoms with Crippen LogP contribution in [-0.2, 0) is 4.79 Å². The van der Waals surface area contributed by atoms with Crippen LogP contribution < -0.4 is 11.1 Å². The van der Waals surface area contributed by atoms with E-state index in [2.05, 4.69) is 5.32 Å². The molecule has 1 aliphatic heterocycles. The van der Waals surface area contributed by atoms with Gasteiger partial charge in [-0.2, -0.15) is 0 Å². The summed E-state index contributed by atoms with van der Waals surface area (Å²) in [7, 11) is 0. The second-order valence-corrected chi connectivity index (χ2v) is 5.87. The summed E-state index contributed by atoms with van der Waals surface area (Å²) in [5.41, 5.74) is 6.15. The summed E-state index contributed by atoms with van der Waals surface area (Å²) in [6.07, 6.45) is 5.02. The van der Waals surface area contributed by atoms with Gasteiger partial charge in [-0.15, -0.1) is 0 Å². The van der Waals surface area contributed by atoms with Crippen molar-refractivity contribution in [2.75, 3.05) is 18.4 Å². The van der Waals surface area contributed by atoms with Crippen molar-refractivity contribution in [3.8, 4) is 5.69 Å². The predicted octanol–water partition coefficient (Wildman–Crippen LogP) is 2.35. The minimum atomic E-state index is -0.534. The number of nitrogens with one attached hydrogen (secondary N) is 1. The molecule has 1 aromatic heterocycles. The lowest BCUT2D eigenvalue weighted by Crippen LogP contribution is -2.46. The maximum atomic E-state index is 14.0. The Labute approximate surface area is 139 Å². The van der Waals surface area contributed by atoms with Gasteiger partial charge in [-0.25, -0.2) is 9.18 Å². The number of rotatable bonds is 3. The quantitative estimate of drug-likeness (QED) is 0.906. The topological polar surface area (TPSA) is 80.4 Å². The van der Waals surface area contributed by atoms with Crippen LogP contribution in [0.15, 0.2) is 42.7 Å². The van der Waals surface area contributed by atoms with Gasteiger partial charge in [0.25, 0.3) is 0 Å². The Morgan fingerprint density at radius 3 is 2.71 bits per heavy atom. The number of carbonyl (C=O) groups excluding carboxylic acids is 2. The first kappa shape index (κ1) is 16.0. The molecule has 0 unspecified atom stereocenters. The number of nitrogens with zero attached hydrogens (tertiary/aromatic N) is 2. The zero-order valence-electron chi connectivity index (χ0n) is 13.1. The zero-order chi connectivity index (χ0) is 17.1. The highest BCUT2D eigenvalue weighted by Gasteiger charge is 2.27. The fourth-order valence-electron chi connectivity index (χ4n) is 2.90. The molecule has 1 aliphatic rings. The number of hydrogen-bond donors (Lipinski definition) is 2. The van der Waals surface area contributed by atoms with E-state index in [4.69, 9.17) is 5.73 Å². The molecular weight excluding hydrogens is 311 g/mol. The number of anilines is 1. The van der Waals surface area contributed by atoms with Gasteiger partial charge in [0.2, 0.25) is 5.91 Å². The van der Waals surface area contributed by atoms with Crippen molar-refractivity contribution < 1.29 is 14.0 Å². The van der Waals surface area contributed by atoms with Crippen LogP contribution >= 0.6 is 0 Å². The lowest BCUT2D eigenvalue weighted by atomic mass is 9.97. The summed E-state index contributed by atoms with van der Waals surface area (Å²) in [5, 5.41) is 2.64. The van der Waals surface area contributed by atoms with Crippen LogP contribution in [-0.4, -0.2) is 34.5 Å². The molecule has 1 atom stereocenters. The van der Waals surface area contributed by atoms with Crippen LogP contribution in [0.3, 0.4) is 0 Å². The van der Waals surface area contributed by atoms with Crippen molar-refractivity contribution in [2.24, 2.45) is 11.7 Å². The van der Waals surface area contributed by atoms with Gasteiger partial charge in [-0.3, -0.25) is 4.79 Å². The lowest BCUT2D eigenvalue weighted by Gasteiger charge is -2.30. The number of benzene rings is 1. The Balaban J connectivity index is 1.74. The molecule has 24 heavy (non-hydrogen) atoms. The second kappa shape index (κ2) is 6.74. The van der Waals surface area contributed by atoms with E-state index in [0.717, 1.165) is 5.69 Å². The molecular formula is C17H19FN4O2. The van der Waals surface area contributed by atoms with Gasteiger partial charge < -0.3 is 20.5 Å². The molecule has 0 spiro atoms. The molecule has 0 saturated carbocycles. The standard InChI is InChI=1S/C17H19FN4O2/c18-14-6-5-13(21-7-1-2-8-21)10-15(14)20-16(23)12-4-3-9-22(11-12)17(19)24/h1-2,5-8,10,12H,3-4,9,11H2,(H2,19,24)(H,20,23)/t12-/m0/s1. The Hall–Kier alpha value is -2.83. The van der Waals surface area contributed by atoms with Crippen LogP contribution in [0.4, 0.5) is 14.9 Å². The molecule has 0 radical (unpaired) electrons. The van der Waals surface area contributed by atoms with Crippen molar-refractivity contribution in [3.63, 3.8) is 0 Å². The molecule has 1 fully saturated rings. The molecule has 3 N–H and O–H groups in total. The molecule has 0 aliphatic carbocycles. The number of likely N-dealkylation sites (tertiary alicyclic amines) is 1. The highest BCUT2D eigenvalue weighted by atomic mass is 19.1. The first-order valence-electron chi connectivity index (χ1n) is 7.83. The number of amides is 3. The number of piperidine rings is 1. The number of nitrogens with two attached hydrogens (primary N) is 1. The van der Waals surface area contributed by atoms with Crippen molar-refractivity contribution >= 4 is 17.6 Å². The average Bonchev–Trinajstić information content (AvgIpc) is 3.11. The largest absolute Gasteiger partial charge is 0.351 e. The monoisotopic (exact) mass is 330 g/mol. The molecule has 126 valence electrons. The Kier molecular flexibility index (Phi) is 4.50. The summed E-state index contributed by atoms with van der Waals surface area (Å²) < 4.78 is 15.9. The minimum Gasteiger partial charge on any atom is -0.351 e. The van der Waals surface area contributed by atoms with Gasteiger partial charge in [0.05, 0.1) is 11.6 Å². The van der Waals surface area contributed by atoms with Crippen LogP contribution in [0, 0.1) is 11.7 Å². The maximum absolute atomic E-state index is 14.0. The molecule has 0 bridgehead atoms. The Bertz CT molecular complexity index is 745. The molecule has 3 rings (SSSR count). The summed E-state index contributed by atoms with van der Waals surface area (Å²) in [6.45, 7) is 0.816. The van der Waals surface area contributed by atoms with E-state index in [1.165, 1.54) is 11.0 Å². The summed E-state index contributed by atoms with van der Waals surface area (Å²) in [5.74, 6) is -1.19. The number of hydrogen-bond acceptors (Lipinski definition) is 2. The second-order valence-electron chi connectivity index (χ2n) is 5.87. The van der Waals surface area contributed by atoms with Crippen LogP contribution in [0.25, 0.3) is 5.69 Å². The Morgan fingerprint density at radius 2 is 2.00 bits per heavy atom. The highest BCUT2D eigenvalue weighted by molar-refractivity contribution is 5.93. The highest BCUT2D eigenvalue weighted by Crippen LogP contribution is 2.22. The summed E-state index contributed by atoms with van der Waals surface area (Å²) in [6, 6.07) is 7.74. The smallest absolute Gasteiger partial charge is 0.314 e. The van der Waals surface area contributed by atoms with Crippen molar-refractivity contribution in [3.05, 3.63) is 48.5 Å². The van der Waals surface area contributed by atoms with Gasteiger partial charge in [-0.05, 0) is 43.2 Å². The normalized spacial score (nSPS) is 17.5. The third-order valence-electron chi connectivity index (χ3n) is 4.21.